The van der Waals surface area contributed by atoms with Gasteiger partial charge in [0, 0.05) is 26.1 Å². The molecular formula is C12H26N4O2. The number of β-amino-alcohol motifs (C(OH)–C–C–N with tert-alkyl or cyclic N) is 1. The van der Waals surface area contributed by atoms with Crippen LogP contribution in [-0.4, -0.2) is 71.8 Å². The molecule has 1 saturated heterocycles. The van der Waals surface area contributed by atoms with Crippen LogP contribution in [0.2, 0.25) is 0 Å². The third-order valence-corrected chi connectivity index (χ3v) is 3.38. The highest BCUT2D eigenvalue weighted by atomic mass is 16.4. The maximum absolute atomic E-state index is 8.93. The molecule has 0 saturated carbocycles. The fraction of sp³-hybridized carbons (Fsp3) is 0.917. The molecule has 0 atom stereocenters. The molecule has 0 aromatic carbocycles. The number of aliphatic hydroxyl groups excluding tert-OH is 1. The van der Waals surface area contributed by atoms with Crippen molar-refractivity contribution in [2.24, 2.45) is 10.9 Å². The maximum atomic E-state index is 8.93. The van der Waals surface area contributed by atoms with E-state index in [1.165, 1.54) is 6.42 Å². The first-order chi connectivity index (χ1) is 8.76. The number of nitrogens with zero attached hydrogens (tertiary/aromatic N) is 3. The quantitative estimate of drug-likeness (QED) is 0.195. The van der Waals surface area contributed by atoms with Gasteiger partial charge < -0.3 is 20.9 Å². The molecule has 6 heteroatoms. The molecule has 18 heavy (non-hydrogen) atoms. The zero-order valence-corrected chi connectivity index (χ0v) is 11.1. The number of hydrogen-bond donors (Lipinski definition) is 3. The minimum absolute atomic E-state index is 0.250. The van der Waals surface area contributed by atoms with Crippen LogP contribution in [0.5, 0.6) is 0 Å². The number of aliphatic hydroxyl groups is 1. The van der Waals surface area contributed by atoms with Crippen LogP contribution in [0.1, 0.15) is 25.7 Å². The SMILES string of the molecule is NC(CCCCN1CCCN(CCO)CC1)=NO. The summed E-state index contributed by atoms with van der Waals surface area (Å²) in [6, 6.07) is 0. The van der Waals surface area contributed by atoms with Crippen molar-refractivity contribution in [1.29, 1.82) is 0 Å². The maximum Gasteiger partial charge on any atom is 0.139 e. The third kappa shape index (κ3) is 6.18. The van der Waals surface area contributed by atoms with Crippen molar-refractivity contribution < 1.29 is 10.3 Å². The molecule has 0 amide bonds. The molecule has 0 aromatic heterocycles. The van der Waals surface area contributed by atoms with E-state index in [-0.39, 0.29) is 6.61 Å². The van der Waals surface area contributed by atoms with E-state index in [0.717, 1.165) is 52.1 Å². The lowest BCUT2D eigenvalue weighted by molar-refractivity contribution is 0.196. The van der Waals surface area contributed by atoms with E-state index in [4.69, 9.17) is 16.0 Å². The van der Waals surface area contributed by atoms with Crippen molar-refractivity contribution in [2.75, 3.05) is 45.9 Å². The Balaban J connectivity index is 2.12. The van der Waals surface area contributed by atoms with Gasteiger partial charge in [0.1, 0.15) is 5.84 Å². The van der Waals surface area contributed by atoms with Gasteiger partial charge in [-0.25, -0.2) is 0 Å². The van der Waals surface area contributed by atoms with Crippen LogP contribution >= 0.6 is 0 Å². The molecule has 0 spiro atoms. The minimum atomic E-state index is 0.250. The molecule has 0 aliphatic carbocycles. The van der Waals surface area contributed by atoms with Crippen LogP contribution in [0, 0.1) is 0 Å². The van der Waals surface area contributed by atoms with Gasteiger partial charge in [-0.3, -0.25) is 4.90 Å². The number of unbranched alkanes of at least 4 members (excludes halogenated alkanes) is 1. The molecule has 0 unspecified atom stereocenters. The van der Waals surface area contributed by atoms with Gasteiger partial charge in [0.15, 0.2) is 0 Å². The van der Waals surface area contributed by atoms with Gasteiger partial charge >= 0.3 is 0 Å². The van der Waals surface area contributed by atoms with Gasteiger partial charge in [-0.2, -0.15) is 0 Å². The van der Waals surface area contributed by atoms with E-state index in [1.807, 2.05) is 0 Å². The fourth-order valence-electron chi connectivity index (χ4n) is 2.30. The molecule has 1 aliphatic heterocycles. The predicted octanol–water partition coefficient (Wildman–Crippen LogP) is -0.0969. The Labute approximate surface area is 109 Å². The zero-order valence-electron chi connectivity index (χ0n) is 11.1. The monoisotopic (exact) mass is 258 g/mol. The summed E-state index contributed by atoms with van der Waals surface area (Å²) in [5.41, 5.74) is 5.42. The molecule has 6 nitrogen and oxygen atoms in total. The van der Waals surface area contributed by atoms with Crippen LogP contribution in [0.15, 0.2) is 5.16 Å². The number of nitrogens with two attached hydrogens (primary N) is 1. The molecular weight excluding hydrogens is 232 g/mol. The largest absolute Gasteiger partial charge is 0.409 e. The molecule has 1 heterocycles. The van der Waals surface area contributed by atoms with Crippen molar-refractivity contribution >= 4 is 5.84 Å². The third-order valence-electron chi connectivity index (χ3n) is 3.38. The van der Waals surface area contributed by atoms with Crippen molar-refractivity contribution in [2.45, 2.75) is 25.7 Å². The van der Waals surface area contributed by atoms with E-state index in [0.29, 0.717) is 12.3 Å². The van der Waals surface area contributed by atoms with E-state index < -0.39 is 0 Å². The van der Waals surface area contributed by atoms with Crippen molar-refractivity contribution in [3.8, 4) is 0 Å². The highest BCUT2D eigenvalue weighted by molar-refractivity contribution is 5.79. The Hall–Kier alpha value is -0.850. The Bertz CT molecular complexity index is 248. The second kappa shape index (κ2) is 9.13. The Morgan fingerprint density at radius 1 is 1.06 bits per heavy atom. The fourth-order valence-corrected chi connectivity index (χ4v) is 2.30. The Kier molecular flexibility index (Phi) is 7.71. The van der Waals surface area contributed by atoms with Gasteiger partial charge in [-0.15, -0.1) is 0 Å². The molecule has 1 fully saturated rings. The molecule has 0 aromatic rings. The summed E-state index contributed by atoms with van der Waals surface area (Å²) in [5.74, 6) is 0.319. The van der Waals surface area contributed by atoms with Crippen LogP contribution in [0.25, 0.3) is 0 Å². The minimum Gasteiger partial charge on any atom is -0.409 e. The molecule has 0 radical (unpaired) electrons. The van der Waals surface area contributed by atoms with Gasteiger partial charge in [0.05, 0.1) is 6.61 Å². The second-order valence-electron chi connectivity index (χ2n) is 4.81. The average Bonchev–Trinajstić information content (AvgIpc) is 2.60. The smallest absolute Gasteiger partial charge is 0.139 e. The van der Waals surface area contributed by atoms with Gasteiger partial charge in [-0.05, 0) is 38.9 Å². The summed E-state index contributed by atoms with van der Waals surface area (Å²) in [7, 11) is 0. The van der Waals surface area contributed by atoms with Crippen LogP contribution in [0.4, 0.5) is 0 Å². The van der Waals surface area contributed by atoms with Gasteiger partial charge in [-0.1, -0.05) is 5.16 Å². The average molecular weight is 258 g/mol. The highest BCUT2D eigenvalue weighted by Gasteiger charge is 2.13. The van der Waals surface area contributed by atoms with E-state index in [2.05, 4.69) is 15.0 Å². The highest BCUT2D eigenvalue weighted by Crippen LogP contribution is 2.05. The van der Waals surface area contributed by atoms with Gasteiger partial charge in [0.25, 0.3) is 0 Å². The van der Waals surface area contributed by atoms with Crippen molar-refractivity contribution in [3.63, 3.8) is 0 Å². The Morgan fingerprint density at radius 2 is 1.72 bits per heavy atom. The van der Waals surface area contributed by atoms with Crippen molar-refractivity contribution in [1.82, 2.24) is 9.80 Å². The number of amidine groups is 1. The van der Waals surface area contributed by atoms with E-state index in [1.54, 1.807) is 0 Å². The van der Waals surface area contributed by atoms with E-state index >= 15 is 0 Å². The standard InChI is InChI=1S/C12H26N4O2/c13-12(14-18)4-1-2-5-15-6-3-7-16(9-8-15)10-11-17/h17-18H,1-11H2,(H2,13,14). The lowest BCUT2D eigenvalue weighted by Crippen LogP contribution is -2.32. The first-order valence-corrected chi connectivity index (χ1v) is 6.78. The summed E-state index contributed by atoms with van der Waals surface area (Å²) in [6.07, 6.45) is 3.88. The summed E-state index contributed by atoms with van der Waals surface area (Å²) < 4.78 is 0. The molecule has 1 rings (SSSR count). The zero-order chi connectivity index (χ0) is 13.2. The predicted molar refractivity (Wildman–Crippen MR) is 71.8 cm³/mol. The number of hydrogen-bond acceptors (Lipinski definition) is 5. The normalized spacial score (nSPS) is 19.9. The first-order valence-electron chi connectivity index (χ1n) is 6.78. The second-order valence-corrected chi connectivity index (χ2v) is 4.81. The molecule has 4 N–H and O–H groups in total. The van der Waals surface area contributed by atoms with Crippen LogP contribution in [-0.2, 0) is 0 Å². The Morgan fingerprint density at radius 3 is 2.33 bits per heavy atom. The van der Waals surface area contributed by atoms with Crippen molar-refractivity contribution in [3.05, 3.63) is 0 Å². The topological polar surface area (TPSA) is 85.3 Å². The number of oxime groups is 1. The van der Waals surface area contributed by atoms with Crippen LogP contribution in [0.3, 0.4) is 0 Å². The summed E-state index contributed by atoms with van der Waals surface area (Å²) in [5, 5.41) is 20.3. The van der Waals surface area contributed by atoms with Gasteiger partial charge in [0.2, 0.25) is 0 Å². The molecule has 1 aliphatic rings. The molecule has 106 valence electrons. The lowest BCUT2D eigenvalue weighted by atomic mass is 10.2. The summed E-state index contributed by atoms with van der Waals surface area (Å²) >= 11 is 0. The lowest BCUT2D eigenvalue weighted by Gasteiger charge is -2.21. The number of rotatable bonds is 7. The first kappa shape index (κ1) is 15.2. The molecule has 0 bridgehead atoms. The van der Waals surface area contributed by atoms with Crippen LogP contribution < -0.4 is 5.73 Å². The summed E-state index contributed by atoms with van der Waals surface area (Å²) in [6.45, 7) is 6.44. The van der Waals surface area contributed by atoms with E-state index in [9.17, 15) is 0 Å². The summed E-state index contributed by atoms with van der Waals surface area (Å²) in [4.78, 5) is 4.78.